The van der Waals surface area contributed by atoms with E-state index >= 15 is 0 Å². The molecule has 0 saturated carbocycles. The van der Waals surface area contributed by atoms with Gasteiger partial charge < -0.3 is 4.74 Å². The lowest BCUT2D eigenvalue weighted by Crippen LogP contribution is -2.40. The van der Waals surface area contributed by atoms with E-state index in [2.05, 4.69) is 0 Å². The highest BCUT2D eigenvalue weighted by Crippen LogP contribution is 2.26. The van der Waals surface area contributed by atoms with Crippen LogP contribution in [0.25, 0.3) is 0 Å². The van der Waals surface area contributed by atoms with Crippen LogP contribution in [0.4, 0.5) is 0 Å². The van der Waals surface area contributed by atoms with Crippen LogP contribution in [0.5, 0.6) is 0 Å². The normalized spacial score (nSPS) is 17.4. The van der Waals surface area contributed by atoms with Gasteiger partial charge in [0.1, 0.15) is 0 Å². The molecule has 2 rings (SSSR count). The minimum absolute atomic E-state index is 0.190. The monoisotopic (exact) mass is 325 g/mol. The van der Waals surface area contributed by atoms with Crippen LogP contribution in [-0.2, 0) is 19.6 Å². The molecule has 0 aliphatic carbocycles. The highest BCUT2D eigenvalue weighted by molar-refractivity contribution is 7.89. The van der Waals surface area contributed by atoms with Gasteiger partial charge in [-0.05, 0) is 50.8 Å². The number of sulfonamides is 1. The summed E-state index contributed by atoms with van der Waals surface area (Å²) in [6.07, 6.45) is 1.03. The van der Waals surface area contributed by atoms with Gasteiger partial charge in [0.05, 0.1) is 17.4 Å². The van der Waals surface area contributed by atoms with Crippen molar-refractivity contribution in [1.29, 1.82) is 0 Å². The number of carbonyl (C=O) groups is 1. The number of aryl methyl sites for hydroxylation is 2. The average Bonchev–Trinajstić information content (AvgIpc) is 2.50. The maximum absolute atomic E-state index is 12.8. The second kappa shape index (κ2) is 6.79. The van der Waals surface area contributed by atoms with Crippen LogP contribution in [0, 0.1) is 19.8 Å². The van der Waals surface area contributed by atoms with Gasteiger partial charge in [-0.2, -0.15) is 4.31 Å². The Balaban J connectivity index is 2.13. The fourth-order valence-electron chi connectivity index (χ4n) is 2.72. The van der Waals surface area contributed by atoms with Crippen molar-refractivity contribution in [2.24, 2.45) is 5.92 Å². The molecule has 0 amide bonds. The standard InChI is InChI=1S/C16H23NO4S/c1-4-21-16(18)14-7-9-17(10-8-14)22(19,20)15-11-12(2)5-6-13(15)3/h5-6,11,14H,4,7-10H2,1-3H3. The highest BCUT2D eigenvalue weighted by atomic mass is 32.2. The van der Waals surface area contributed by atoms with Crippen molar-refractivity contribution in [3.05, 3.63) is 29.3 Å². The third-order valence-electron chi connectivity index (χ3n) is 4.04. The van der Waals surface area contributed by atoms with Crippen molar-refractivity contribution in [2.75, 3.05) is 19.7 Å². The van der Waals surface area contributed by atoms with Crippen molar-refractivity contribution in [3.63, 3.8) is 0 Å². The lowest BCUT2D eigenvalue weighted by Gasteiger charge is -2.30. The zero-order valence-electron chi connectivity index (χ0n) is 13.3. The molecule has 1 aliphatic heterocycles. The van der Waals surface area contributed by atoms with E-state index in [0.717, 1.165) is 11.1 Å². The first-order valence-corrected chi connectivity index (χ1v) is 9.04. The molecule has 22 heavy (non-hydrogen) atoms. The summed E-state index contributed by atoms with van der Waals surface area (Å²) in [5.74, 6) is -0.406. The first-order valence-electron chi connectivity index (χ1n) is 7.60. The fourth-order valence-corrected chi connectivity index (χ4v) is 4.50. The van der Waals surface area contributed by atoms with Crippen LogP contribution < -0.4 is 0 Å². The Hall–Kier alpha value is -1.40. The summed E-state index contributed by atoms with van der Waals surface area (Å²) in [5.41, 5.74) is 1.67. The molecule has 0 bridgehead atoms. The van der Waals surface area contributed by atoms with E-state index in [1.807, 2.05) is 19.1 Å². The van der Waals surface area contributed by atoms with E-state index in [1.165, 1.54) is 4.31 Å². The maximum Gasteiger partial charge on any atom is 0.309 e. The SMILES string of the molecule is CCOC(=O)C1CCN(S(=O)(=O)c2cc(C)ccc2C)CC1. The minimum atomic E-state index is -3.50. The van der Waals surface area contributed by atoms with E-state index in [0.29, 0.717) is 37.4 Å². The average molecular weight is 325 g/mol. The predicted octanol–water partition coefficient (Wildman–Crippen LogP) is 2.27. The number of piperidine rings is 1. The van der Waals surface area contributed by atoms with Crippen LogP contribution >= 0.6 is 0 Å². The zero-order valence-corrected chi connectivity index (χ0v) is 14.1. The summed E-state index contributed by atoms with van der Waals surface area (Å²) in [6, 6.07) is 5.44. The lowest BCUT2D eigenvalue weighted by molar-refractivity contribution is -0.149. The quantitative estimate of drug-likeness (QED) is 0.797. The molecule has 0 spiro atoms. The Kier molecular flexibility index (Phi) is 5.24. The summed E-state index contributed by atoms with van der Waals surface area (Å²) in [5, 5.41) is 0. The van der Waals surface area contributed by atoms with Gasteiger partial charge in [-0.25, -0.2) is 8.42 Å². The molecule has 122 valence electrons. The number of ether oxygens (including phenoxy) is 1. The first-order chi connectivity index (χ1) is 10.4. The Bertz CT molecular complexity index is 646. The molecule has 0 unspecified atom stereocenters. The van der Waals surface area contributed by atoms with Gasteiger partial charge in [-0.15, -0.1) is 0 Å². The predicted molar refractivity (Wildman–Crippen MR) is 84.0 cm³/mol. The Morgan fingerprint density at radius 3 is 2.50 bits per heavy atom. The largest absolute Gasteiger partial charge is 0.466 e. The van der Waals surface area contributed by atoms with Gasteiger partial charge in [0.25, 0.3) is 0 Å². The van der Waals surface area contributed by atoms with Gasteiger partial charge >= 0.3 is 5.97 Å². The third-order valence-corrected chi connectivity index (χ3v) is 6.08. The molecule has 1 saturated heterocycles. The third kappa shape index (κ3) is 3.50. The highest BCUT2D eigenvalue weighted by Gasteiger charge is 2.33. The lowest BCUT2D eigenvalue weighted by atomic mass is 9.98. The molecule has 1 aromatic rings. The zero-order chi connectivity index (χ0) is 16.3. The maximum atomic E-state index is 12.8. The first kappa shape index (κ1) is 17.0. The van der Waals surface area contributed by atoms with Gasteiger partial charge in [0, 0.05) is 13.1 Å². The van der Waals surface area contributed by atoms with Crippen LogP contribution in [0.3, 0.4) is 0 Å². The number of hydrogen-bond donors (Lipinski definition) is 0. The van der Waals surface area contributed by atoms with Gasteiger partial charge in [0.2, 0.25) is 10.0 Å². The summed E-state index contributed by atoms with van der Waals surface area (Å²) in [4.78, 5) is 12.1. The molecule has 0 radical (unpaired) electrons. The molecule has 1 heterocycles. The molecule has 1 aromatic carbocycles. The van der Waals surface area contributed by atoms with Crippen LogP contribution in [0.1, 0.15) is 30.9 Å². The number of carbonyl (C=O) groups excluding carboxylic acids is 1. The van der Waals surface area contributed by atoms with Gasteiger partial charge in [0.15, 0.2) is 0 Å². The molecular weight excluding hydrogens is 302 g/mol. The number of rotatable bonds is 4. The Labute approximate surface area is 132 Å². The van der Waals surface area contributed by atoms with E-state index < -0.39 is 10.0 Å². The number of benzene rings is 1. The van der Waals surface area contributed by atoms with Crippen LogP contribution in [0.15, 0.2) is 23.1 Å². The molecule has 5 nitrogen and oxygen atoms in total. The number of nitrogens with zero attached hydrogens (tertiary/aromatic N) is 1. The van der Waals surface area contributed by atoms with Crippen molar-refractivity contribution >= 4 is 16.0 Å². The van der Waals surface area contributed by atoms with Crippen molar-refractivity contribution < 1.29 is 17.9 Å². The van der Waals surface area contributed by atoms with Crippen molar-refractivity contribution in [2.45, 2.75) is 38.5 Å². The second-order valence-corrected chi connectivity index (χ2v) is 7.61. The smallest absolute Gasteiger partial charge is 0.309 e. The van der Waals surface area contributed by atoms with Gasteiger partial charge in [-0.1, -0.05) is 12.1 Å². The molecule has 1 aliphatic rings. The summed E-state index contributed by atoms with van der Waals surface area (Å²) >= 11 is 0. The Morgan fingerprint density at radius 2 is 1.91 bits per heavy atom. The number of esters is 1. The van der Waals surface area contributed by atoms with E-state index in [4.69, 9.17) is 4.74 Å². The minimum Gasteiger partial charge on any atom is -0.466 e. The molecule has 0 atom stereocenters. The second-order valence-electron chi connectivity index (χ2n) is 5.70. The summed E-state index contributed by atoms with van der Waals surface area (Å²) < 4.78 is 32.0. The van der Waals surface area contributed by atoms with Crippen LogP contribution in [0.2, 0.25) is 0 Å². The van der Waals surface area contributed by atoms with E-state index in [-0.39, 0.29) is 11.9 Å². The van der Waals surface area contributed by atoms with E-state index in [9.17, 15) is 13.2 Å². The molecule has 1 fully saturated rings. The summed E-state index contributed by atoms with van der Waals surface area (Å²) in [6.45, 7) is 6.54. The van der Waals surface area contributed by atoms with Crippen molar-refractivity contribution in [1.82, 2.24) is 4.31 Å². The number of hydrogen-bond acceptors (Lipinski definition) is 4. The molecule has 0 N–H and O–H groups in total. The molecule has 6 heteroatoms. The fraction of sp³-hybridized carbons (Fsp3) is 0.562. The van der Waals surface area contributed by atoms with Crippen LogP contribution in [-0.4, -0.2) is 38.4 Å². The summed E-state index contributed by atoms with van der Waals surface area (Å²) in [7, 11) is -3.50. The Morgan fingerprint density at radius 1 is 1.27 bits per heavy atom. The topological polar surface area (TPSA) is 63.7 Å². The van der Waals surface area contributed by atoms with E-state index in [1.54, 1.807) is 19.9 Å². The van der Waals surface area contributed by atoms with Crippen molar-refractivity contribution in [3.8, 4) is 0 Å². The van der Waals surface area contributed by atoms with Gasteiger partial charge in [-0.3, -0.25) is 4.79 Å². The molecule has 0 aromatic heterocycles. The molecular formula is C16H23NO4S.